The Morgan fingerprint density at radius 1 is 1.09 bits per heavy atom. The molecule has 4 heterocycles. The summed E-state index contributed by atoms with van der Waals surface area (Å²) >= 11 is 2.20. The van der Waals surface area contributed by atoms with Crippen molar-refractivity contribution in [1.82, 2.24) is 29.0 Å². The molecule has 0 amide bonds. The molecule has 0 aliphatic heterocycles. The van der Waals surface area contributed by atoms with Crippen molar-refractivity contribution in [3.63, 3.8) is 0 Å². The van der Waals surface area contributed by atoms with E-state index in [1.807, 2.05) is 4.68 Å². The summed E-state index contributed by atoms with van der Waals surface area (Å²) in [6.07, 6.45) is 3.61. The Morgan fingerprint density at radius 2 is 1.88 bits per heavy atom. The number of nitrogens with zero attached hydrogens (tertiary/aromatic N) is 6. The average molecular weight is 537 g/mol. The quantitative estimate of drug-likeness (QED) is 0.332. The molecule has 4 aromatic heterocycles. The first kappa shape index (κ1) is 20.9. The standard InChI is InChI=1S/C24H24IN7/c1-15(32-24-20(22(25)29-32)23(26)27-14-28-24)19-12-18-6-4-5-11-31(18)21(19)17-9-7-16(8-10-17)13-30(2)3/h4-12,14-15H,13H2,1-3H3,(H2,26,27,28). The predicted octanol–water partition coefficient (Wildman–Crippen LogP) is 4.60. The third-order valence-corrected chi connectivity index (χ3v) is 6.48. The number of rotatable bonds is 5. The number of benzene rings is 1. The van der Waals surface area contributed by atoms with Gasteiger partial charge in [0.05, 0.1) is 17.1 Å². The molecule has 1 unspecified atom stereocenters. The summed E-state index contributed by atoms with van der Waals surface area (Å²) in [5.41, 5.74) is 12.8. The predicted molar refractivity (Wildman–Crippen MR) is 136 cm³/mol. The highest BCUT2D eigenvalue weighted by Gasteiger charge is 2.23. The van der Waals surface area contributed by atoms with Crippen LogP contribution in [0.5, 0.6) is 0 Å². The van der Waals surface area contributed by atoms with E-state index in [9.17, 15) is 0 Å². The molecular weight excluding hydrogens is 513 g/mol. The van der Waals surface area contributed by atoms with Crippen molar-refractivity contribution in [3.05, 3.63) is 75.9 Å². The van der Waals surface area contributed by atoms with E-state index in [0.29, 0.717) is 5.82 Å². The fourth-order valence-corrected chi connectivity index (χ4v) is 5.01. The molecule has 0 bridgehead atoms. The maximum Gasteiger partial charge on any atom is 0.165 e. The van der Waals surface area contributed by atoms with Crippen LogP contribution in [0.2, 0.25) is 0 Å². The number of fused-ring (bicyclic) bond motifs is 2. The molecule has 1 atom stereocenters. The lowest BCUT2D eigenvalue weighted by Gasteiger charge is -2.16. The van der Waals surface area contributed by atoms with Gasteiger partial charge in [-0.15, -0.1) is 0 Å². The highest BCUT2D eigenvalue weighted by atomic mass is 127. The Kier molecular flexibility index (Phi) is 5.34. The van der Waals surface area contributed by atoms with Gasteiger partial charge in [-0.25, -0.2) is 14.6 Å². The second kappa shape index (κ2) is 8.18. The first-order valence-electron chi connectivity index (χ1n) is 10.4. The Hall–Kier alpha value is -2.98. The van der Waals surface area contributed by atoms with Crippen molar-refractivity contribution in [1.29, 1.82) is 0 Å². The Morgan fingerprint density at radius 3 is 2.62 bits per heavy atom. The number of pyridine rings is 1. The van der Waals surface area contributed by atoms with Crippen LogP contribution in [0.15, 0.2) is 61.1 Å². The summed E-state index contributed by atoms with van der Waals surface area (Å²) in [5, 5.41) is 5.59. The number of hydrogen-bond donors (Lipinski definition) is 1. The van der Waals surface area contributed by atoms with E-state index in [1.54, 1.807) is 0 Å². The molecule has 0 fully saturated rings. The normalized spacial score (nSPS) is 12.8. The molecule has 0 aliphatic rings. The van der Waals surface area contributed by atoms with Crippen LogP contribution in [0.25, 0.3) is 27.8 Å². The third-order valence-electron chi connectivity index (χ3n) is 5.73. The van der Waals surface area contributed by atoms with E-state index >= 15 is 0 Å². The molecule has 0 saturated carbocycles. The molecule has 5 aromatic rings. The fraction of sp³-hybridized carbons (Fsp3) is 0.208. The SMILES string of the molecule is CC(c1cc2ccccn2c1-c1ccc(CN(C)C)cc1)n1nc(I)c2c(N)ncnc21. The zero-order valence-electron chi connectivity index (χ0n) is 18.2. The van der Waals surface area contributed by atoms with Gasteiger partial charge in [0.25, 0.3) is 0 Å². The van der Waals surface area contributed by atoms with Crippen LogP contribution in [0.3, 0.4) is 0 Å². The van der Waals surface area contributed by atoms with Crippen molar-refractivity contribution < 1.29 is 0 Å². The molecule has 5 rings (SSSR count). The monoisotopic (exact) mass is 537 g/mol. The van der Waals surface area contributed by atoms with Gasteiger partial charge in [-0.2, -0.15) is 5.10 Å². The van der Waals surface area contributed by atoms with E-state index in [4.69, 9.17) is 10.8 Å². The second-order valence-corrected chi connectivity index (χ2v) is 9.27. The molecule has 0 spiro atoms. The molecule has 0 aliphatic carbocycles. The van der Waals surface area contributed by atoms with Crippen LogP contribution in [0.4, 0.5) is 5.82 Å². The maximum absolute atomic E-state index is 6.12. The first-order chi connectivity index (χ1) is 15.4. The fourth-order valence-electron chi connectivity index (χ4n) is 4.26. The average Bonchev–Trinajstić information content (AvgIpc) is 3.32. The second-order valence-electron chi connectivity index (χ2n) is 8.25. The van der Waals surface area contributed by atoms with Gasteiger partial charge < -0.3 is 15.0 Å². The van der Waals surface area contributed by atoms with E-state index in [1.165, 1.54) is 23.0 Å². The van der Waals surface area contributed by atoms with E-state index in [0.717, 1.165) is 32.5 Å². The van der Waals surface area contributed by atoms with Crippen LogP contribution in [-0.2, 0) is 6.54 Å². The van der Waals surface area contributed by atoms with Gasteiger partial charge in [-0.1, -0.05) is 30.3 Å². The first-order valence-corrected chi connectivity index (χ1v) is 11.5. The number of halogens is 1. The lowest BCUT2D eigenvalue weighted by molar-refractivity contribution is 0.402. The van der Waals surface area contributed by atoms with Crippen LogP contribution >= 0.6 is 22.6 Å². The molecule has 162 valence electrons. The van der Waals surface area contributed by atoms with Crippen molar-refractivity contribution >= 4 is 45.0 Å². The van der Waals surface area contributed by atoms with Crippen molar-refractivity contribution in [2.24, 2.45) is 0 Å². The zero-order chi connectivity index (χ0) is 22.4. The molecule has 32 heavy (non-hydrogen) atoms. The lowest BCUT2D eigenvalue weighted by atomic mass is 10.0. The highest BCUT2D eigenvalue weighted by Crippen LogP contribution is 2.35. The van der Waals surface area contributed by atoms with Gasteiger partial charge in [0.15, 0.2) is 5.65 Å². The van der Waals surface area contributed by atoms with E-state index < -0.39 is 0 Å². The molecule has 2 N–H and O–H groups in total. The molecule has 0 saturated heterocycles. The van der Waals surface area contributed by atoms with Crippen molar-refractivity contribution in [2.75, 3.05) is 19.8 Å². The molecule has 0 radical (unpaired) electrons. The third kappa shape index (κ3) is 3.53. The number of anilines is 1. The summed E-state index contributed by atoms with van der Waals surface area (Å²) in [7, 11) is 4.17. The van der Waals surface area contributed by atoms with Gasteiger partial charge in [0.1, 0.15) is 15.8 Å². The smallest absolute Gasteiger partial charge is 0.165 e. The summed E-state index contributed by atoms with van der Waals surface area (Å²) in [6, 6.07) is 17.2. The lowest BCUT2D eigenvalue weighted by Crippen LogP contribution is -2.11. The van der Waals surface area contributed by atoms with Gasteiger partial charge in [0, 0.05) is 23.8 Å². The molecule has 1 aromatic carbocycles. The van der Waals surface area contributed by atoms with Crippen LogP contribution < -0.4 is 5.73 Å². The van der Waals surface area contributed by atoms with Gasteiger partial charge in [0.2, 0.25) is 0 Å². The topological polar surface area (TPSA) is 77.3 Å². The van der Waals surface area contributed by atoms with E-state index in [2.05, 4.69) is 118 Å². The highest BCUT2D eigenvalue weighted by molar-refractivity contribution is 14.1. The van der Waals surface area contributed by atoms with E-state index in [-0.39, 0.29) is 6.04 Å². The molecule has 8 heteroatoms. The number of nitrogens with two attached hydrogens (primary N) is 1. The van der Waals surface area contributed by atoms with Gasteiger partial charge >= 0.3 is 0 Å². The minimum absolute atomic E-state index is 0.0494. The summed E-state index contributed by atoms with van der Waals surface area (Å²) in [4.78, 5) is 10.8. The summed E-state index contributed by atoms with van der Waals surface area (Å²) in [6.45, 7) is 3.07. The Balaban J connectivity index is 1.68. The minimum atomic E-state index is -0.0494. The van der Waals surface area contributed by atoms with Crippen LogP contribution in [0, 0.1) is 3.70 Å². The zero-order valence-corrected chi connectivity index (χ0v) is 20.4. The van der Waals surface area contributed by atoms with Gasteiger partial charge in [-0.05, 0) is 72.9 Å². The summed E-state index contributed by atoms with van der Waals surface area (Å²) in [5.74, 6) is 0.455. The minimum Gasteiger partial charge on any atom is -0.383 e. The van der Waals surface area contributed by atoms with Crippen molar-refractivity contribution in [2.45, 2.75) is 19.5 Å². The van der Waals surface area contributed by atoms with Crippen LogP contribution in [0.1, 0.15) is 24.1 Å². The number of nitrogen functional groups attached to an aromatic ring is 1. The molecule has 7 nitrogen and oxygen atoms in total. The number of aromatic nitrogens is 5. The number of hydrogen-bond acceptors (Lipinski definition) is 5. The van der Waals surface area contributed by atoms with Crippen molar-refractivity contribution in [3.8, 4) is 11.3 Å². The Labute approximate surface area is 200 Å². The maximum atomic E-state index is 6.12. The summed E-state index contributed by atoms with van der Waals surface area (Å²) < 4.78 is 5.00. The van der Waals surface area contributed by atoms with Gasteiger partial charge in [-0.3, -0.25) is 0 Å². The van der Waals surface area contributed by atoms with Crippen LogP contribution in [-0.4, -0.2) is 43.1 Å². The largest absolute Gasteiger partial charge is 0.383 e. The molecular formula is C24H24IN7. The Bertz CT molecular complexity index is 1420.